The van der Waals surface area contributed by atoms with Crippen LogP contribution in [0.4, 0.5) is 5.13 Å². The maximum atomic E-state index is 5.42. The van der Waals surface area contributed by atoms with E-state index in [9.17, 15) is 0 Å². The van der Waals surface area contributed by atoms with E-state index in [1.54, 1.807) is 17.5 Å². The molecular weight excluding hydrogens is 298 g/mol. The summed E-state index contributed by atoms with van der Waals surface area (Å²) >= 11 is 1.66. The molecule has 22 heavy (non-hydrogen) atoms. The molecule has 3 heterocycles. The van der Waals surface area contributed by atoms with Gasteiger partial charge in [-0.3, -0.25) is 9.88 Å². The number of aryl methyl sites for hydroxylation is 1. The second-order valence-electron chi connectivity index (χ2n) is 5.29. The molecule has 1 aliphatic rings. The fourth-order valence-electron chi connectivity index (χ4n) is 2.50. The second kappa shape index (κ2) is 7.02. The van der Waals surface area contributed by atoms with Gasteiger partial charge in [-0.2, -0.15) is 0 Å². The zero-order valence-corrected chi connectivity index (χ0v) is 13.8. The number of aromatic nitrogens is 3. The van der Waals surface area contributed by atoms with Gasteiger partial charge in [0.1, 0.15) is 10.8 Å². The van der Waals surface area contributed by atoms with Crippen molar-refractivity contribution in [2.45, 2.75) is 20.4 Å². The molecule has 0 spiro atoms. The molecule has 6 nitrogen and oxygen atoms in total. The minimum atomic E-state index is 0.675. The Bertz CT molecular complexity index is 592. The van der Waals surface area contributed by atoms with Gasteiger partial charge >= 0.3 is 0 Å². The van der Waals surface area contributed by atoms with Gasteiger partial charge in [0.2, 0.25) is 5.13 Å². The summed E-state index contributed by atoms with van der Waals surface area (Å²) in [6.45, 7) is 9.56. The highest BCUT2D eigenvalue weighted by atomic mass is 32.1. The molecule has 0 atom stereocenters. The van der Waals surface area contributed by atoms with Gasteiger partial charge < -0.3 is 9.64 Å². The molecule has 7 heteroatoms. The normalized spacial score (nSPS) is 16.0. The first-order valence-corrected chi connectivity index (χ1v) is 8.41. The van der Waals surface area contributed by atoms with E-state index >= 15 is 0 Å². The van der Waals surface area contributed by atoms with E-state index in [1.807, 2.05) is 26.0 Å². The summed E-state index contributed by atoms with van der Waals surface area (Å²) in [5.74, 6) is 0.836. The first kappa shape index (κ1) is 15.2. The van der Waals surface area contributed by atoms with Gasteiger partial charge in [0.15, 0.2) is 0 Å². The zero-order chi connectivity index (χ0) is 15.4. The van der Waals surface area contributed by atoms with E-state index in [2.05, 4.69) is 25.0 Å². The van der Waals surface area contributed by atoms with Crippen molar-refractivity contribution in [3.63, 3.8) is 0 Å². The van der Waals surface area contributed by atoms with Crippen LogP contribution in [0.15, 0.2) is 18.3 Å². The summed E-state index contributed by atoms with van der Waals surface area (Å²) < 4.78 is 5.42. The van der Waals surface area contributed by atoms with E-state index in [0.717, 1.165) is 54.3 Å². The number of nitrogens with zero attached hydrogens (tertiary/aromatic N) is 5. The number of rotatable bonds is 5. The predicted molar refractivity (Wildman–Crippen MR) is 87.5 cm³/mol. The Morgan fingerprint density at radius 1 is 1.18 bits per heavy atom. The number of pyridine rings is 1. The predicted octanol–water partition coefficient (Wildman–Crippen LogP) is 1.96. The Balaban J connectivity index is 1.51. The van der Waals surface area contributed by atoms with Crippen LogP contribution in [0.25, 0.3) is 0 Å². The Hall–Kier alpha value is -1.73. The molecule has 0 N–H and O–H groups in total. The third kappa shape index (κ3) is 3.72. The van der Waals surface area contributed by atoms with Gasteiger partial charge in [-0.15, -0.1) is 10.2 Å². The molecule has 1 fully saturated rings. The molecule has 0 radical (unpaired) electrons. The third-order valence-electron chi connectivity index (χ3n) is 3.65. The van der Waals surface area contributed by atoms with Crippen LogP contribution in [-0.4, -0.2) is 52.9 Å². The minimum absolute atomic E-state index is 0.675. The van der Waals surface area contributed by atoms with Crippen molar-refractivity contribution in [2.24, 2.45) is 0 Å². The highest BCUT2D eigenvalue weighted by Gasteiger charge is 2.19. The summed E-state index contributed by atoms with van der Waals surface area (Å²) in [6.07, 6.45) is 1.80. The van der Waals surface area contributed by atoms with Crippen LogP contribution in [0.5, 0.6) is 5.75 Å². The monoisotopic (exact) mass is 319 g/mol. The van der Waals surface area contributed by atoms with Gasteiger partial charge in [-0.05, 0) is 26.0 Å². The number of piperazine rings is 1. The average Bonchev–Trinajstić information content (AvgIpc) is 2.97. The molecular formula is C15H21N5OS. The molecule has 3 rings (SSSR count). The van der Waals surface area contributed by atoms with Gasteiger partial charge in [-0.25, -0.2) is 0 Å². The third-order valence-corrected chi connectivity index (χ3v) is 4.55. The van der Waals surface area contributed by atoms with Crippen molar-refractivity contribution in [3.8, 4) is 5.75 Å². The Morgan fingerprint density at radius 3 is 2.59 bits per heavy atom. The molecule has 2 aromatic heterocycles. The SMILES string of the molecule is CCOc1ccc(CN2CCN(c3nnc(C)s3)CC2)nc1. The minimum Gasteiger partial charge on any atom is -0.492 e. The average molecular weight is 319 g/mol. The first-order chi connectivity index (χ1) is 10.7. The lowest BCUT2D eigenvalue weighted by Gasteiger charge is -2.34. The summed E-state index contributed by atoms with van der Waals surface area (Å²) in [7, 11) is 0. The molecule has 1 aliphatic heterocycles. The summed E-state index contributed by atoms with van der Waals surface area (Å²) in [4.78, 5) is 9.21. The second-order valence-corrected chi connectivity index (χ2v) is 6.45. The summed E-state index contributed by atoms with van der Waals surface area (Å²) in [5, 5.41) is 10.4. The Labute approximate surface area is 134 Å². The van der Waals surface area contributed by atoms with Crippen LogP contribution >= 0.6 is 11.3 Å². The van der Waals surface area contributed by atoms with Crippen molar-refractivity contribution in [2.75, 3.05) is 37.7 Å². The molecule has 0 aromatic carbocycles. The van der Waals surface area contributed by atoms with E-state index in [4.69, 9.17) is 4.74 Å². The topological polar surface area (TPSA) is 54.4 Å². The number of anilines is 1. The van der Waals surface area contributed by atoms with E-state index in [1.165, 1.54) is 0 Å². The quantitative estimate of drug-likeness (QED) is 0.840. The molecule has 1 saturated heterocycles. The maximum Gasteiger partial charge on any atom is 0.208 e. The van der Waals surface area contributed by atoms with Crippen LogP contribution in [0.2, 0.25) is 0 Å². The summed E-state index contributed by atoms with van der Waals surface area (Å²) in [5.41, 5.74) is 1.09. The smallest absolute Gasteiger partial charge is 0.208 e. The lowest BCUT2D eigenvalue weighted by Crippen LogP contribution is -2.46. The molecule has 0 saturated carbocycles. The zero-order valence-electron chi connectivity index (χ0n) is 13.0. The Kier molecular flexibility index (Phi) is 4.84. The van der Waals surface area contributed by atoms with Crippen molar-refractivity contribution < 1.29 is 4.74 Å². The molecule has 0 amide bonds. The maximum absolute atomic E-state index is 5.42. The number of ether oxygens (including phenoxy) is 1. The highest BCUT2D eigenvalue weighted by molar-refractivity contribution is 7.15. The molecule has 118 valence electrons. The van der Waals surface area contributed by atoms with Crippen molar-refractivity contribution >= 4 is 16.5 Å². The van der Waals surface area contributed by atoms with Crippen molar-refractivity contribution in [3.05, 3.63) is 29.0 Å². The largest absolute Gasteiger partial charge is 0.492 e. The van der Waals surface area contributed by atoms with Crippen LogP contribution in [-0.2, 0) is 6.54 Å². The fraction of sp³-hybridized carbons (Fsp3) is 0.533. The van der Waals surface area contributed by atoms with Gasteiger partial charge in [0.05, 0.1) is 18.5 Å². The van der Waals surface area contributed by atoms with Crippen LogP contribution in [0, 0.1) is 6.92 Å². The highest BCUT2D eigenvalue weighted by Crippen LogP contribution is 2.21. The number of hydrogen-bond acceptors (Lipinski definition) is 7. The summed E-state index contributed by atoms with van der Waals surface area (Å²) in [6, 6.07) is 4.04. The van der Waals surface area contributed by atoms with E-state index < -0.39 is 0 Å². The molecule has 0 aliphatic carbocycles. The van der Waals surface area contributed by atoms with Gasteiger partial charge in [0.25, 0.3) is 0 Å². The van der Waals surface area contributed by atoms with Crippen LogP contribution in [0.1, 0.15) is 17.6 Å². The van der Waals surface area contributed by atoms with E-state index in [-0.39, 0.29) is 0 Å². The van der Waals surface area contributed by atoms with Crippen molar-refractivity contribution in [1.82, 2.24) is 20.1 Å². The molecule has 0 bridgehead atoms. The molecule has 2 aromatic rings. The van der Waals surface area contributed by atoms with Crippen LogP contribution in [0.3, 0.4) is 0 Å². The molecule has 0 unspecified atom stereocenters. The lowest BCUT2D eigenvalue weighted by molar-refractivity contribution is 0.246. The van der Waals surface area contributed by atoms with Crippen LogP contribution < -0.4 is 9.64 Å². The number of hydrogen-bond donors (Lipinski definition) is 0. The van der Waals surface area contributed by atoms with Gasteiger partial charge in [-0.1, -0.05) is 11.3 Å². The van der Waals surface area contributed by atoms with Crippen molar-refractivity contribution in [1.29, 1.82) is 0 Å². The fourth-order valence-corrected chi connectivity index (χ4v) is 3.24. The Morgan fingerprint density at radius 2 is 2.00 bits per heavy atom. The van der Waals surface area contributed by atoms with Gasteiger partial charge in [0, 0.05) is 32.7 Å². The lowest BCUT2D eigenvalue weighted by atomic mass is 10.3. The van der Waals surface area contributed by atoms with E-state index in [0.29, 0.717) is 6.61 Å². The standard InChI is InChI=1S/C15H21N5OS/c1-3-21-14-5-4-13(16-10-14)11-19-6-8-20(9-7-19)15-18-17-12(2)22-15/h4-5,10H,3,6-9,11H2,1-2H3. The first-order valence-electron chi connectivity index (χ1n) is 7.59.